The Morgan fingerprint density at radius 1 is 1.36 bits per heavy atom. The maximum absolute atomic E-state index is 10.6. The van der Waals surface area contributed by atoms with Crippen LogP contribution in [0.5, 0.6) is 5.75 Å². The average molecular weight is 196 g/mol. The van der Waals surface area contributed by atoms with Gasteiger partial charge < -0.3 is 15.3 Å². The van der Waals surface area contributed by atoms with Gasteiger partial charge in [-0.3, -0.25) is 0 Å². The van der Waals surface area contributed by atoms with E-state index in [2.05, 4.69) is 0 Å². The quantitative estimate of drug-likeness (QED) is 0.671. The number of rotatable bonds is 4. The summed E-state index contributed by atoms with van der Waals surface area (Å²) in [6, 6.07) is 4.13. The van der Waals surface area contributed by atoms with Crippen molar-refractivity contribution in [1.82, 2.24) is 0 Å². The minimum absolute atomic E-state index is 0.0245. The Balaban J connectivity index is 2.90. The van der Waals surface area contributed by atoms with Crippen LogP contribution in [-0.4, -0.2) is 27.9 Å². The first-order valence-electron chi connectivity index (χ1n) is 4.31. The molecule has 0 saturated heterocycles. The molecule has 0 atom stereocenters. The highest BCUT2D eigenvalue weighted by Crippen LogP contribution is 2.19. The number of phenolic OH excluding ortho intramolecular Hbond substituents is 1. The second-order valence-electron chi connectivity index (χ2n) is 2.98. The Morgan fingerprint density at radius 3 is 2.64 bits per heavy atom. The molecule has 0 aliphatic rings. The molecular formula is C10H12O4. The maximum atomic E-state index is 10.6. The van der Waals surface area contributed by atoms with E-state index in [0.29, 0.717) is 18.4 Å². The van der Waals surface area contributed by atoms with Crippen LogP contribution in [0.1, 0.15) is 22.3 Å². The van der Waals surface area contributed by atoms with Crippen LogP contribution in [0, 0.1) is 0 Å². The van der Waals surface area contributed by atoms with Gasteiger partial charge in [0.1, 0.15) is 5.75 Å². The molecule has 1 aromatic rings. The number of carboxylic acid groups (broad SMARTS) is 1. The van der Waals surface area contributed by atoms with Gasteiger partial charge in [0.05, 0.1) is 5.56 Å². The zero-order chi connectivity index (χ0) is 10.6. The molecule has 1 rings (SSSR count). The SMILES string of the molecule is O=C(O)c1ccc(O)c(CCCO)c1. The summed E-state index contributed by atoms with van der Waals surface area (Å²) in [7, 11) is 0. The molecule has 3 N–H and O–H groups in total. The standard InChI is InChI=1S/C10H12O4/c11-5-1-2-7-6-8(10(13)14)3-4-9(7)12/h3-4,6,11-12H,1-2,5H2,(H,13,14). The van der Waals surface area contributed by atoms with E-state index < -0.39 is 5.97 Å². The molecule has 0 fully saturated rings. The molecule has 0 aromatic heterocycles. The van der Waals surface area contributed by atoms with Crippen LogP contribution < -0.4 is 0 Å². The normalized spacial score (nSPS) is 10.1. The van der Waals surface area contributed by atoms with Gasteiger partial charge in [-0.1, -0.05) is 0 Å². The highest BCUT2D eigenvalue weighted by atomic mass is 16.4. The van der Waals surface area contributed by atoms with Crippen LogP contribution in [0.4, 0.5) is 0 Å². The van der Waals surface area contributed by atoms with Crippen molar-refractivity contribution in [3.8, 4) is 5.75 Å². The minimum atomic E-state index is -1.02. The van der Waals surface area contributed by atoms with Crippen molar-refractivity contribution >= 4 is 5.97 Å². The molecule has 0 heterocycles. The lowest BCUT2D eigenvalue weighted by Gasteiger charge is -2.04. The van der Waals surface area contributed by atoms with Crippen LogP contribution in [0.3, 0.4) is 0 Å². The summed E-state index contributed by atoms with van der Waals surface area (Å²) < 4.78 is 0. The van der Waals surface area contributed by atoms with E-state index in [1.807, 2.05) is 0 Å². The molecule has 0 radical (unpaired) electrons. The van der Waals surface area contributed by atoms with Gasteiger partial charge in [0.15, 0.2) is 0 Å². The maximum Gasteiger partial charge on any atom is 0.335 e. The van der Waals surface area contributed by atoms with Crippen LogP contribution in [0.2, 0.25) is 0 Å². The largest absolute Gasteiger partial charge is 0.508 e. The first-order valence-corrected chi connectivity index (χ1v) is 4.31. The van der Waals surface area contributed by atoms with E-state index in [-0.39, 0.29) is 17.9 Å². The van der Waals surface area contributed by atoms with Crippen LogP contribution >= 0.6 is 0 Å². The summed E-state index contributed by atoms with van der Waals surface area (Å²) in [4.78, 5) is 10.6. The molecular weight excluding hydrogens is 184 g/mol. The van der Waals surface area contributed by atoms with Crippen molar-refractivity contribution in [2.75, 3.05) is 6.61 Å². The number of hydrogen-bond acceptors (Lipinski definition) is 3. The van der Waals surface area contributed by atoms with Crippen molar-refractivity contribution in [3.05, 3.63) is 29.3 Å². The van der Waals surface area contributed by atoms with E-state index in [1.165, 1.54) is 18.2 Å². The van der Waals surface area contributed by atoms with E-state index in [0.717, 1.165) is 0 Å². The lowest BCUT2D eigenvalue weighted by atomic mass is 10.1. The van der Waals surface area contributed by atoms with Crippen molar-refractivity contribution in [2.24, 2.45) is 0 Å². The van der Waals surface area contributed by atoms with Crippen LogP contribution in [-0.2, 0) is 6.42 Å². The molecule has 4 nitrogen and oxygen atoms in total. The second-order valence-corrected chi connectivity index (χ2v) is 2.98. The zero-order valence-electron chi connectivity index (χ0n) is 7.60. The van der Waals surface area contributed by atoms with Gasteiger partial charge in [-0.15, -0.1) is 0 Å². The molecule has 14 heavy (non-hydrogen) atoms. The van der Waals surface area contributed by atoms with Gasteiger partial charge in [0, 0.05) is 6.61 Å². The number of benzene rings is 1. The zero-order valence-corrected chi connectivity index (χ0v) is 7.60. The Labute approximate surface area is 81.4 Å². The Hall–Kier alpha value is -1.55. The number of carboxylic acids is 1. The molecule has 0 aliphatic heterocycles. The first kappa shape index (κ1) is 10.5. The molecule has 0 saturated carbocycles. The van der Waals surface area contributed by atoms with Gasteiger partial charge in [-0.05, 0) is 36.6 Å². The summed E-state index contributed by atoms with van der Waals surface area (Å²) >= 11 is 0. The summed E-state index contributed by atoms with van der Waals surface area (Å²) in [6.07, 6.45) is 0.986. The van der Waals surface area contributed by atoms with Crippen molar-refractivity contribution in [2.45, 2.75) is 12.8 Å². The fourth-order valence-electron chi connectivity index (χ4n) is 1.19. The van der Waals surface area contributed by atoms with E-state index in [9.17, 15) is 9.90 Å². The minimum Gasteiger partial charge on any atom is -0.508 e. The molecule has 1 aromatic carbocycles. The number of aromatic carboxylic acids is 1. The molecule has 4 heteroatoms. The van der Waals surface area contributed by atoms with Gasteiger partial charge in [0.25, 0.3) is 0 Å². The number of hydrogen-bond donors (Lipinski definition) is 3. The van der Waals surface area contributed by atoms with Crippen molar-refractivity contribution in [1.29, 1.82) is 0 Å². The molecule has 0 aliphatic carbocycles. The highest BCUT2D eigenvalue weighted by molar-refractivity contribution is 5.88. The van der Waals surface area contributed by atoms with Crippen LogP contribution in [0.25, 0.3) is 0 Å². The molecule has 0 bridgehead atoms. The predicted molar refractivity (Wildman–Crippen MR) is 50.5 cm³/mol. The third kappa shape index (κ3) is 2.47. The third-order valence-electron chi connectivity index (χ3n) is 1.93. The number of carbonyl (C=O) groups is 1. The van der Waals surface area contributed by atoms with Crippen molar-refractivity contribution < 1.29 is 20.1 Å². The fourth-order valence-corrected chi connectivity index (χ4v) is 1.19. The Bertz CT molecular complexity index is 333. The Morgan fingerprint density at radius 2 is 2.07 bits per heavy atom. The number of aromatic hydroxyl groups is 1. The molecule has 76 valence electrons. The molecule has 0 spiro atoms. The number of aliphatic hydroxyl groups excluding tert-OH is 1. The van der Waals surface area contributed by atoms with Gasteiger partial charge >= 0.3 is 5.97 Å². The van der Waals surface area contributed by atoms with E-state index in [1.54, 1.807) is 0 Å². The van der Waals surface area contributed by atoms with Gasteiger partial charge in [0.2, 0.25) is 0 Å². The highest BCUT2D eigenvalue weighted by Gasteiger charge is 2.07. The fraction of sp³-hybridized carbons (Fsp3) is 0.300. The smallest absolute Gasteiger partial charge is 0.335 e. The topological polar surface area (TPSA) is 77.8 Å². The second kappa shape index (κ2) is 4.62. The average Bonchev–Trinajstić information content (AvgIpc) is 2.16. The summed E-state index contributed by atoms with van der Waals surface area (Å²) in [6.45, 7) is 0.0245. The van der Waals surface area contributed by atoms with Crippen LogP contribution in [0.15, 0.2) is 18.2 Å². The first-order chi connectivity index (χ1) is 6.65. The third-order valence-corrected chi connectivity index (χ3v) is 1.93. The number of phenols is 1. The summed E-state index contributed by atoms with van der Waals surface area (Å²) in [5.41, 5.74) is 0.703. The monoisotopic (exact) mass is 196 g/mol. The van der Waals surface area contributed by atoms with Gasteiger partial charge in [-0.25, -0.2) is 4.79 Å². The summed E-state index contributed by atoms with van der Waals surface area (Å²) in [5.74, 6) is -0.946. The van der Waals surface area contributed by atoms with Crippen molar-refractivity contribution in [3.63, 3.8) is 0 Å². The van der Waals surface area contributed by atoms with Gasteiger partial charge in [-0.2, -0.15) is 0 Å². The molecule has 0 unspecified atom stereocenters. The van der Waals surface area contributed by atoms with E-state index >= 15 is 0 Å². The predicted octanol–water partition coefficient (Wildman–Crippen LogP) is 1.02. The lowest BCUT2D eigenvalue weighted by Crippen LogP contribution is -1.98. The Kier molecular flexibility index (Phi) is 3.48. The summed E-state index contributed by atoms with van der Waals surface area (Å²) in [5, 5.41) is 26.7. The molecule has 0 amide bonds. The van der Waals surface area contributed by atoms with E-state index in [4.69, 9.17) is 10.2 Å². The number of aliphatic hydroxyl groups is 1. The lowest BCUT2D eigenvalue weighted by molar-refractivity contribution is 0.0697. The number of aryl methyl sites for hydroxylation is 1.